The van der Waals surface area contributed by atoms with Gasteiger partial charge >= 0.3 is 0 Å². The van der Waals surface area contributed by atoms with E-state index in [4.69, 9.17) is 10.2 Å². The Bertz CT molecular complexity index is 500. The number of carbonyl (C=O) groups excluding carboxylic acids is 1. The van der Waals surface area contributed by atoms with Crippen LogP contribution in [-0.4, -0.2) is 19.5 Å². The molecule has 1 aromatic rings. The zero-order valence-electron chi connectivity index (χ0n) is 6.97. The van der Waals surface area contributed by atoms with Gasteiger partial charge in [0, 0.05) is 17.7 Å². The largest absolute Gasteiger partial charge is 0.508 e. The highest BCUT2D eigenvalue weighted by atomic mass is 32.2. The van der Waals surface area contributed by atoms with E-state index in [-0.39, 0.29) is 16.2 Å². The summed E-state index contributed by atoms with van der Waals surface area (Å²) >= 11 is 0. The second-order valence-corrected chi connectivity index (χ2v) is 4.06. The molecule has 0 atom stereocenters. The molecule has 6 heteroatoms. The number of hydrogen-bond donors (Lipinski definition) is 2. The summed E-state index contributed by atoms with van der Waals surface area (Å²) in [5.74, 6) is 1.20. The molecule has 14 heavy (non-hydrogen) atoms. The van der Waals surface area contributed by atoms with Crippen LogP contribution in [0, 0.1) is 0 Å². The summed E-state index contributed by atoms with van der Waals surface area (Å²) in [7, 11) is -3.95. The standard InChI is InChI=1S/C8H7NO4S/c9-14(12,13)8-5-7(11)2-1-6(8)3-4-10/h1-3,5,11H,(H2,9,12,13). The number of nitrogens with two attached hydrogens (primary N) is 1. The molecule has 0 aromatic heterocycles. The molecular formula is C8H7NO4S. The Morgan fingerprint density at radius 1 is 1.43 bits per heavy atom. The fourth-order valence-electron chi connectivity index (χ4n) is 0.952. The van der Waals surface area contributed by atoms with Gasteiger partial charge in [-0.25, -0.2) is 18.4 Å². The average molecular weight is 213 g/mol. The quantitative estimate of drug-likeness (QED) is 0.669. The third kappa shape index (κ3) is 2.20. The van der Waals surface area contributed by atoms with Gasteiger partial charge in [-0.15, -0.1) is 0 Å². The first-order chi connectivity index (χ1) is 6.45. The Morgan fingerprint density at radius 2 is 2.07 bits per heavy atom. The Hall–Kier alpha value is -1.62. The van der Waals surface area contributed by atoms with Gasteiger partial charge in [0.1, 0.15) is 11.7 Å². The Balaban J connectivity index is 3.53. The van der Waals surface area contributed by atoms with Crippen LogP contribution in [0.4, 0.5) is 0 Å². The molecule has 3 N–H and O–H groups in total. The van der Waals surface area contributed by atoms with Gasteiger partial charge in [0.25, 0.3) is 0 Å². The lowest BCUT2D eigenvalue weighted by atomic mass is 10.2. The van der Waals surface area contributed by atoms with Gasteiger partial charge in [-0.05, 0) is 12.1 Å². The highest BCUT2D eigenvalue weighted by molar-refractivity contribution is 7.89. The van der Waals surface area contributed by atoms with Crippen molar-refractivity contribution in [3.63, 3.8) is 0 Å². The number of phenols is 1. The first kappa shape index (κ1) is 10.5. The van der Waals surface area contributed by atoms with Crippen molar-refractivity contribution in [1.82, 2.24) is 0 Å². The number of rotatable bonds is 2. The van der Waals surface area contributed by atoms with Crippen molar-refractivity contribution in [2.75, 3.05) is 0 Å². The van der Waals surface area contributed by atoms with Crippen LogP contribution in [0.5, 0.6) is 5.75 Å². The smallest absolute Gasteiger partial charge is 0.238 e. The van der Waals surface area contributed by atoms with E-state index in [0.29, 0.717) is 0 Å². The number of primary sulfonamides is 1. The maximum absolute atomic E-state index is 11.0. The van der Waals surface area contributed by atoms with Crippen LogP contribution in [0.25, 0.3) is 6.08 Å². The predicted molar refractivity (Wildman–Crippen MR) is 49.6 cm³/mol. The third-order valence-corrected chi connectivity index (χ3v) is 2.48. The van der Waals surface area contributed by atoms with E-state index in [1.54, 1.807) is 0 Å². The lowest BCUT2D eigenvalue weighted by Gasteiger charge is -2.02. The van der Waals surface area contributed by atoms with Crippen molar-refractivity contribution in [2.24, 2.45) is 5.14 Å². The SMILES string of the molecule is NS(=O)(=O)c1cc(O)ccc1C=C=O. The van der Waals surface area contributed by atoms with Crippen LogP contribution in [0.3, 0.4) is 0 Å². The van der Waals surface area contributed by atoms with E-state index in [2.05, 4.69) is 0 Å². The zero-order valence-corrected chi connectivity index (χ0v) is 7.78. The summed E-state index contributed by atoms with van der Waals surface area (Å²) in [6.07, 6.45) is 0.930. The minimum absolute atomic E-state index is 0.0975. The highest BCUT2D eigenvalue weighted by Gasteiger charge is 2.13. The van der Waals surface area contributed by atoms with Gasteiger partial charge in [0.05, 0.1) is 4.90 Å². The molecule has 0 amide bonds. The Kier molecular flexibility index (Phi) is 2.71. The Morgan fingerprint density at radius 3 is 2.57 bits per heavy atom. The van der Waals surface area contributed by atoms with Crippen LogP contribution < -0.4 is 5.14 Å². The van der Waals surface area contributed by atoms with E-state index < -0.39 is 10.0 Å². The average Bonchev–Trinajstić information content (AvgIpc) is 2.07. The van der Waals surface area contributed by atoms with E-state index in [0.717, 1.165) is 12.1 Å². The van der Waals surface area contributed by atoms with E-state index >= 15 is 0 Å². The molecule has 0 saturated carbocycles. The molecule has 5 nitrogen and oxygen atoms in total. The summed E-state index contributed by atoms with van der Waals surface area (Å²) in [6.45, 7) is 0. The molecule has 0 radical (unpaired) electrons. The molecule has 0 aliphatic carbocycles. The fraction of sp³-hybridized carbons (Fsp3) is 0. The first-order valence-corrected chi connectivity index (χ1v) is 5.06. The van der Waals surface area contributed by atoms with Gasteiger partial charge in [-0.3, -0.25) is 0 Å². The monoisotopic (exact) mass is 213 g/mol. The maximum Gasteiger partial charge on any atom is 0.238 e. The molecule has 0 bridgehead atoms. The second kappa shape index (κ2) is 3.63. The highest BCUT2D eigenvalue weighted by Crippen LogP contribution is 2.20. The summed E-state index contributed by atoms with van der Waals surface area (Å²) in [5, 5.41) is 13.9. The minimum atomic E-state index is -3.95. The zero-order chi connectivity index (χ0) is 10.8. The number of sulfonamides is 1. The number of phenolic OH excluding ortho intramolecular Hbond substituents is 1. The van der Waals surface area contributed by atoms with Gasteiger partial charge in [0.15, 0.2) is 0 Å². The summed E-state index contributed by atoms with van der Waals surface area (Å²) in [5.41, 5.74) is 0.0975. The minimum Gasteiger partial charge on any atom is -0.508 e. The number of benzene rings is 1. The van der Waals surface area contributed by atoms with Gasteiger partial charge in [0.2, 0.25) is 10.0 Å². The van der Waals surface area contributed by atoms with Gasteiger partial charge in [-0.1, -0.05) is 0 Å². The van der Waals surface area contributed by atoms with Crippen molar-refractivity contribution in [1.29, 1.82) is 0 Å². The fourth-order valence-corrected chi connectivity index (χ4v) is 1.69. The van der Waals surface area contributed by atoms with Crippen LogP contribution in [0.2, 0.25) is 0 Å². The predicted octanol–water partition coefficient (Wildman–Crippen LogP) is -0.116. The molecule has 0 aliphatic rings. The van der Waals surface area contributed by atoms with Crippen LogP contribution >= 0.6 is 0 Å². The summed E-state index contributed by atoms with van der Waals surface area (Å²) in [6, 6.07) is 3.48. The molecule has 0 saturated heterocycles. The van der Waals surface area contributed by atoms with Crippen LogP contribution in [-0.2, 0) is 14.8 Å². The topological polar surface area (TPSA) is 97.5 Å². The third-order valence-electron chi connectivity index (χ3n) is 1.52. The maximum atomic E-state index is 11.0. The Labute approximate surface area is 80.5 Å². The van der Waals surface area contributed by atoms with Crippen molar-refractivity contribution < 1.29 is 18.3 Å². The van der Waals surface area contributed by atoms with E-state index in [9.17, 15) is 13.2 Å². The molecule has 0 spiro atoms. The second-order valence-electron chi connectivity index (χ2n) is 2.53. The molecule has 0 aliphatic heterocycles. The normalized spacial score (nSPS) is 10.6. The lowest BCUT2D eigenvalue weighted by molar-refractivity contribution is 0.473. The van der Waals surface area contributed by atoms with Crippen molar-refractivity contribution in [2.45, 2.75) is 4.90 Å². The van der Waals surface area contributed by atoms with Crippen molar-refractivity contribution >= 4 is 22.0 Å². The number of hydrogen-bond acceptors (Lipinski definition) is 4. The molecule has 74 valence electrons. The molecular weight excluding hydrogens is 206 g/mol. The van der Waals surface area contributed by atoms with Gasteiger partial charge < -0.3 is 5.11 Å². The van der Waals surface area contributed by atoms with Gasteiger partial charge in [-0.2, -0.15) is 0 Å². The molecule has 1 aromatic carbocycles. The van der Waals surface area contributed by atoms with Crippen LogP contribution in [0.1, 0.15) is 5.56 Å². The van der Waals surface area contributed by atoms with E-state index in [1.807, 2.05) is 0 Å². The summed E-state index contributed by atoms with van der Waals surface area (Å²) in [4.78, 5) is 9.75. The van der Waals surface area contributed by atoms with E-state index in [1.165, 1.54) is 18.1 Å². The first-order valence-electron chi connectivity index (χ1n) is 3.52. The van der Waals surface area contributed by atoms with Crippen molar-refractivity contribution in [3.05, 3.63) is 23.8 Å². The van der Waals surface area contributed by atoms with Crippen LogP contribution in [0.15, 0.2) is 23.1 Å². The lowest BCUT2D eigenvalue weighted by Crippen LogP contribution is -2.13. The molecule has 0 fully saturated rings. The summed E-state index contributed by atoms with van der Waals surface area (Å²) < 4.78 is 22.0. The molecule has 0 heterocycles. The molecule has 0 unspecified atom stereocenters. The number of aromatic hydroxyl groups is 1. The molecule has 1 rings (SSSR count). The van der Waals surface area contributed by atoms with Crippen molar-refractivity contribution in [3.8, 4) is 5.75 Å².